The van der Waals surface area contributed by atoms with Gasteiger partial charge < -0.3 is 9.64 Å². The van der Waals surface area contributed by atoms with Gasteiger partial charge >= 0.3 is 5.97 Å². The number of nitrogens with zero attached hydrogens (tertiary/aromatic N) is 1. The molecule has 1 aromatic carbocycles. The van der Waals surface area contributed by atoms with Gasteiger partial charge in [0.15, 0.2) is 0 Å². The van der Waals surface area contributed by atoms with Gasteiger partial charge in [-0.15, -0.1) is 0 Å². The Balaban J connectivity index is 2.21. The minimum Gasteiger partial charge on any atom is -0.455 e. The van der Waals surface area contributed by atoms with Crippen LogP contribution in [-0.2, 0) is 4.74 Å². The molecule has 0 saturated carbocycles. The quantitative estimate of drug-likeness (QED) is 0.281. The van der Waals surface area contributed by atoms with Gasteiger partial charge in [-0.25, -0.2) is 4.79 Å². The third-order valence-corrected chi connectivity index (χ3v) is 7.73. The maximum absolute atomic E-state index is 12.6. The molecule has 1 aliphatic rings. The first kappa shape index (κ1) is 18.2. The van der Waals surface area contributed by atoms with Crippen molar-refractivity contribution in [2.45, 2.75) is 31.8 Å². The highest BCUT2D eigenvalue weighted by molar-refractivity contribution is 14.1. The highest BCUT2D eigenvalue weighted by atomic mass is 127. The minimum atomic E-state index is -0.292. The standard InChI is InChI=1S/C15H18I3NO2/c1-3-15(4-6-19(2)7-5-15)21-14(20)11-8-10(16)9-12(17)13(11)18/h8-9H,3-7H2,1-2H3. The first-order valence-corrected chi connectivity index (χ1v) is 10.2. The third-order valence-electron chi connectivity index (χ3n) is 4.06. The van der Waals surface area contributed by atoms with E-state index < -0.39 is 0 Å². The maximum atomic E-state index is 12.6. The lowest BCUT2D eigenvalue weighted by molar-refractivity contribution is -0.0502. The summed E-state index contributed by atoms with van der Waals surface area (Å²) in [6.45, 7) is 4.09. The van der Waals surface area contributed by atoms with E-state index in [1.807, 2.05) is 6.07 Å². The highest BCUT2D eigenvalue weighted by Gasteiger charge is 2.36. The normalized spacial score (nSPS) is 18.5. The van der Waals surface area contributed by atoms with Crippen molar-refractivity contribution < 1.29 is 9.53 Å². The molecule has 1 heterocycles. The number of halogens is 3. The van der Waals surface area contributed by atoms with E-state index in [2.05, 4.69) is 92.7 Å². The van der Waals surface area contributed by atoms with Crippen molar-refractivity contribution in [1.29, 1.82) is 0 Å². The second kappa shape index (κ2) is 7.61. The van der Waals surface area contributed by atoms with Gasteiger partial charge in [-0.1, -0.05) is 6.92 Å². The van der Waals surface area contributed by atoms with Crippen LogP contribution < -0.4 is 0 Å². The molecule has 2 rings (SSSR count). The lowest BCUT2D eigenvalue weighted by atomic mass is 9.88. The van der Waals surface area contributed by atoms with E-state index in [4.69, 9.17) is 4.74 Å². The fourth-order valence-electron chi connectivity index (χ4n) is 2.51. The number of carbonyl (C=O) groups is 1. The van der Waals surface area contributed by atoms with Crippen LogP contribution in [0.2, 0.25) is 0 Å². The largest absolute Gasteiger partial charge is 0.455 e. The van der Waals surface area contributed by atoms with Crippen molar-refractivity contribution >= 4 is 73.7 Å². The van der Waals surface area contributed by atoms with E-state index in [1.165, 1.54) is 0 Å². The molecule has 0 atom stereocenters. The number of carbonyl (C=O) groups excluding carboxylic acids is 1. The Labute approximate surface area is 167 Å². The number of rotatable bonds is 3. The first-order chi connectivity index (χ1) is 9.87. The molecule has 1 fully saturated rings. The zero-order chi connectivity index (χ0) is 15.6. The van der Waals surface area contributed by atoms with Crippen LogP contribution >= 0.6 is 67.8 Å². The Morgan fingerprint density at radius 1 is 1.29 bits per heavy atom. The van der Waals surface area contributed by atoms with Crippen molar-refractivity contribution in [2.24, 2.45) is 0 Å². The molecule has 1 aromatic rings. The molecule has 3 nitrogen and oxygen atoms in total. The Bertz CT molecular complexity index is 540. The molecule has 0 bridgehead atoms. The molecule has 116 valence electrons. The van der Waals surface area contributed by atoms with Gasteiger partial charge in [0.1, 0.15) is 5.60 Å². The molecule has 0 amide bonds. The van der Waals surface area contributed by atoms with Crippen molar-refractivity contribution in [3.8, 4) is 0 Å². The summed E-state index contributed by atoms with van der Waals surface area (Å²) in [6.07, 6.45) is 2.72. The molecule has 6 heteroatoms. The number of esters is 1. The summed E-state index contributed by atoms with van der Waals surface area (Å²) >= 11 is 6.74. The van der Waals surface area contributed by atoms with E-state index in [1.54, 1.807) is 0 Å². The Hall–Kier alpha value is 0.840. The molecule has 1 aliphatic heterocycles. The van der Waals surface area contributed by atoms with E-state index in [0.29, 0.717) is 5.56 Å². The van der Waals surface area contributed by atoms with Crippen molar-refractivity contribution in [1.82, 2.24) is 4.90 Å². The Morgan fingerprint density at radius 3 is 2.48 bits per heavy atom. The van der Waals surface area contributed by atoms with Crippen LogP contribution in [0.15, 0.2) is 12.1 Å². The Morgan fingerprint density at radius 2 is 1.90 bits per heavy atom. The SMILES string of the molecule is CCC1(OC(=O)c2cc(I)cc(I)c2I)CCN(C)CC1. The predicted molar refractivity (Wildman–Crippen MR) is 110 cm³/mol. The zero-order valence-corrected chi connectivity index (χ0v) is 18.6. The molecular weight excluding hydrogens is 607 g/mol. The number of piperidine rings is 1. The van der Waals surface area contributed by atoms with E-state index >= 15 is 0 Å². The molecular formula is C15H18I3NO2. The second-order valence-corrected chi connectivity index (χ2v) is 8.97. The summed E-state index contributed by atoms with van der Waals surface area (Å²) in [5.41, 5.74) is 0.401. The fourth-order valence-corrected chi connectivity index (χ4v) is 4.89. The van der Waals surface area contributed by atoms with Gasteiger partial charge in [0.2, 0.25) is 0 Å². The smallest absolute Gasteiger partial charge is 0.339 e. The lowest BCUT2D eigenvalue weighted by Gasteiger charge is -2.39. The van der Waals surface area contributed by atoms with E-state index in [9.17, 15) is 4.79 Å². The van der Waals surface area contributed by atoms with E-state index in [0.717, 1.165) is 43.1 Å². The van der Waals surface area contributed by atoms with Crippen LogP contribution in [0.25, 0.3) is 0 Å². The molecule has 1 saturated heterocycles. The summed E-state index contributed by atoms with van der Waals surface area (Å²) < 4.78 is 9.13. The van der Waals surface area contributed by atoms with Crippen LogP contribution in [0.3, 0.4) is 0 Å². The predicted octanol–water partition coefficient (Wildman–Crippen LogP) is 4.53. The average Bonchev–Trinajstić information content (AvgIpc) is 2.45. The summed E-state index contributed by atoms with van der Waals surface area (Å²) in [4.78, 5) is 14.9. The van der Waals surface area contributed by atoms with Crippen molar-refractivity contribution in [3.05, 3.63) is 28.4 Å². The van der Waals surface area contributed by atoms with Crippen LogP contribution in [0.1, 0.15) is 36.5 Å². The number of ether oxygens (including phenoxy) is 1. The lowest BCUT2D eigenvalue weighted by Crippen LogP contribution is -2.45. The van der Waals surface area contributed by atoms with Crippen LogP contribution in [-0.4, -0.2) is 36.6 Å². The number of hydrogen-bond acceptors (Lipinski definition) is 3. The molecule has 0 aromatic heterocycles. The number of benzene rings is 1. The fraction of sp³-hybridized carbons (Fsp3) is 0.533. The van der Waals surface area contributed by atoms with E-state index in [-0.39, 0.29) is 11.6 Å². The van der Waals surface area contributed by atoms with Gasteiger partial charge in [0, 0.05) is 23.8 Å². The van der Waals surface area contributed by atoms with Crippen molar-refractivity contribution in [3.63, 3.8) is 0 Å². The van der Waals surface area contributed by atoms with Gasteiger partial charge in [0.05, 0.1) is 5.56 Å². The van der Waals surface area contributed by atoms with Gasteiger partial charge in [-0.2, -0.15) is 0 Å². The monoisotopic (exact) mass is 625 g/mol. The molecule has 21 heavy (non-hydrogen) atoms. The number of likely N-dealkylation sites (tertiary alicyclic amines) is 1. The van der Waals surface area contributed by atoms with Crippen LogP contribution in [0.5, 0.6) is 0 Å². The summed E-state index contributed by atoms with van der Waals surface area (Å²) in [7, 11) is 2.12. The highest BCUT2D eigenvalue weighted by Crippen LogP contribution is 2.32. The third kappa shape index (κ3) is 4.43. The molecule has 0 unspecified atom stereocenters. The molecule has 0 spiro atoms. The molecule has 0 N–H and O–H groups in total. The van der Waals surface area contributed by atoms with Gasteiger partial charge in [-0.05, 0) is 106 Å². The zero-order valence-electron chi connectivity index (χ0n) is 12.1. The summed E-state index contributed by atoms with van der Waals surface area (Å²) in [6, 6.07) is 4.00. The average molecular weight is 625 g/mol. The van der Waals surface area contributed by atoms with Crippen LogP contribution in [0.4, 0.5) is 0 Å². The summed E-state index contributed by atoms with van der Waals surface area (Å²) in [5.74, 6) is -0.178. The summed E-state index contributed by atoms with van der Waals surface area (Å²) in [5, 5.41) is 0. The van der Waals surface area contributed by atoms with Crippen molar-refractivity contribution in [2.75, 3.05) is 20.1 Å². The molecule has 0 radical (unpaired) electrons. The second-order valence-electron chi connectivity index (χ2n) is 5.48. The first-order valence-electron chi connectivity index (χ1n) is 6.93. The minimum absolute atomic E-state index is 0.178. The van der Waals surface area contributed by atoms with Gasteiger partial charge in [-0.3, -0.25) is 0 Å². The molecule has 0 aliphatic carbocycles. The Kier molecular flexibility index (Phi) is 6.59. The maximum Gasteiger partial charge on any atom is 0.339 e. The van der Waals surface area contributed by atoms with Crippen LogP contribution in [0, 0.1) is 10.7 Å². The topological polar surface area (TPSA) is 29.5 Å². The van der Waals surface area contributed by atoms with Gasteiger partial charge in [0.25, 0.3) is 0 Å². The number of hydrogen-bond donors (Lipinski definition) is 0.